The van der Waals surface area contributed by atoms with Gasteiger partial charge in [-0.1, -0.05) is 13.3 Å². The van der Waals surface area contributed by atoms with E-state index >= 15 is 0 Å². The molecule has 1 saturated carbocycles. The van der Waals surface area contributed by atoms with Crippen LogP contribution in [-0.4, -0.2) is 36.6 Å². The summed E-state index contributed by atoms with van der Waals surface area (Å²) in [6.45, 7) is 6.14. The lowest BCUT2D eigenvalue weighted by molar-refractivity contribution is 0.133. The van der Waals surface area contributed by atoms with Crippen molar-refractivity contribution in [2.75, 3.05) is 13.6 Å². The van der Waals surface area contributed by atoms with Crippen molar-refractivity contribution in [2.45, 2.75) is 64.1 Å². The number of nitrogens with zero attached hydrogens (tertiary/aromatic N) is 1. The third-order valence-corrected chi connectivity index (χ3v) is 4.36. The number of hydrogen-bond donors (Lipinski definition) is 1. The van der Waals surface area contributed by atoms with E-state index in [-0.39, 0.29) is 0 Å². The van der Waals surface area contributed by atoms with Gasteiger partial charge in [-0.3, -0.25) is 4.90 Å². The highest BCUT2D eigenvalue weighted by atomic mass is 15.2. The van der Waals surface area contributed by atoms with Crippen LogP contribution in [0.1, 0.15) is 46.0 Å². The summed E-state index contributed by atoms with van der Waals surface area (Å²) in [5.74, 6) is 0.912. The van der Waals surface area contributed by atoms with E-state index in [9.17, 15) is 0 Å². The number of likely N-dealkylation sites (tertiary alicyclic amines) is 1. The Morgan fingerprint density at radius 1 is 1.13 bits per heavy atom. The van der Waals surface area contributed by atoms with Crippen molar-refractivity contribution in [3.8, 4) is 0 Å². The second-order valence-electron chi connectivity index (χ2n) is 5.69. The van der Waals surface area contributed by atoms with Crippen LogP contribution in [0.5, 0.6) is 0 Å². The molecule has 2 heteroatoms. The van der Waals surface area contributed by atoms with E-state index in [1.54, 1.807) is 0 Å². The Balaban J connectivity index is 1.92. The molecule has 2 nitrogen and oxygen atoms in total. The number of rotatable bonds is 2. The quantitative estimate of drug-likeness (QED) is 0.752. The molecule has 0 aromatic rings. The number of nitrogens with one attached hydrogen (secondary N) is 1. The molecule has 4 atom stereocenters. The minimum Gasteiger partial charge on any atom is -0.317 e. The van der Waals surface area contributed by atoms with E-state index in [1.807, 2.05) is 0 Å². The van der Waals surface area contributed by atoms with Gasteiger partial charge in [0.1, 0.15) is 0 Å². The van der Waals surface area contributed by atoms with Gasteiger partial charge in [0, 0.05) is 24.7 Å². The first kappa shape index (κ1) is 11.4. The first-order chi connectivity index (χ1) is 7.20. The van der Waals surface area contributed by atoms with Crippen LogP contribution in [0.3, 0.4) is 0 Å². The van der Waals surface area contributed by atoms with Crippen molar-refractivity contribution >= 4 is 0 Å². The van der Waals surface area contributed by atoms with Crippen molar-refractivity contribution in [3.05, 3.63) is 0 Å². The highest BCUT2D eigenvalue weighted by molar-refractivity contribution is 4.90. The highest BCUT2D eigenvalue weighted by Gasteiger charge is 2.34. The van der Waals surface area contributed by atoms with Crippen molar-refractivity contribution in [2.24, 2.45) is 5.92 Å². The molecule has 15 heavy (non-hydrogen) atoms. The van der Waals surface area contributed by atoms with E-state index in [0.717, 1.165) is 24.0 Å². The summed E-state index contributed by atoms with van der Waals surface area (Å²) in [5.41, 5.74) is 0. The Bertz CT molecular complexity index is 205. The molecular weight excluding hydrogens is 184 g/mol. The smallest absolute Gasteiger partial charge is 0.0113 e. The van der Waals surface area contributed by atoms with Gasteiger partial charge in [0.2, 0.25) is 0 Å². The third kappa shape index (κ3) is 2.54. The minimum absolute atomic E-state index is 0.770. The van der Waals surface area contributed by atoms with Gasteiger partial charge in [-0.2, -0.15) is 0 Å². The summed E-state index contributed by atoms with van der Waals surface area (Å²) in [7, 11) is 2.11. The lowest BCUT2D eigenvalue weighted by Crippen LogP contribution is -2.45. The molecule has 0 aromatic carbocycles. The fourth-order valence-corrected chi connectivity index (χ4v) is 3.57. The predicted octanol–water partition coefficient (Wildman–Crippen LogP) is 2.25. The molecular formula is C13H26N2. The zero-order valence-corrected chi connectivity index (χ0v) is 10.5. The fraction of sp³-hybridized carbons (Fsp3) is 1.00. The summed E-state index contributed by atoms with van der Waals surface area (Å²) >= 11 is 0. The van der Waals surface area contributed by atoms with Crippen LogP contribution in [0.15, 0.2) is 0 Å². The lowest BCUT2D eigenvalue weighted by Gasteiger charge is -2.37. The Labute approximate surface area is 94.4 Å². The van der Waals surface area contributed by atoms with E-state index in [4.69, 9.17) is 0 Å². The first-order valence-corrected chi connectivity index (χ1v) is 6.63. The van der Waals surface area contributed by atoms with Crippen LogP contribution >= 0.6 is 0 Å². The second kappa shape index (κ2) is 4.84. The Kier molecular flexibility index (Phi) is 3.68. The molecule has 4 unspecified atom stereocenters. The second-order valence-corrected chi connectivity index (χ2v) is 5.69. The Morgan fingerprint density at radius 3 is 2.53 bits per heavy atom. The van der Waals surface area contributed by atoms with Crippen molar-refractivity contribution < 1.29 is 0 Å². The monoisotopic (exact) mass is 210 g/mol. The lowest BCUT2D eigenvalue weighted by atomic mass is 9.90. The maximum absolute atomic E-state index is 3.46. The van der Waals surface area contributed by atoms with Gasteiger partial charge in [-0.25, -0.2) is 0 Å². The van der Waals surface area contributed by atoms with Crippen LogP contribution in [0.25, 0.3) is 0 Å². The summed E-state index contributed by atoms with van der Waals surface area (Å²) in [6.07, 6.45) is 6.99. The maximum Gasteiger partial charge on any atom is 0.0113 e. The summed E-state index contributed by atoms with van der Waals surface area (Å²) in [5, 5.41) is 3.46. The van der Waals surface area contributed by atoms with E-state index in [1.165, 1.54) is 38.6 Å². The third-order valence-electron chi connectivity index (χ3n) is 4.36. The molecule has 0 radical (unpaired) electrons. The molecule has 2 rings (SSSR count). The molecule has 1 N–H and O–H groups in total. The molecule has 1 heterocycles. The van der Waals surface area contributed by atoms with Crippen LogP contribution in [0, 0.1) is 5.92 Å². The summed E-state index contributed by atoms with van der Waals surface area (Å²) in [4.78, 5) is 2.77. The largest absolute Gasteiger partial charge is 0.317 e. The van der Waals surface area contributed by atoms with Crippen molar-refractivity contribution in [1.29, 1.82) is 0 Å². The van der Waals surface area contributed by atoms with Gasteiger partial charge in [0.05, 0.1) is 0 Å². The van der Waals surface area contributed by atoms with Crippen molar-refractivity contribution in [1.82, 2.24) is 10.2 Å². The molecule has 88 valence electrons. The molecule has 0 aromatic heterocycles. The number of hydrogen-bond acceptors (Lipinski definition) is 2. The van der Waals surface area contributed by atoms with E-state index in [0.29, 0.717) is 0 Å². The topological polar surface area (TPSA) is 15.3 Å². The fourth-order valence-electron chi connectivity index (χ4n) is 3.57. The molecule has 0 amide bonds. The van der Waals surface area contributed by atoms with Gasteiger partial charge in [-0.05, 0) is 45.6 Å². The van der Waals surface area contributed by atoms with Gasteiger partial charge in [0.15, 0.2) is 0 Å². The van der Waals surface area contributed by atoms with Gasteiger partial charge >= 0.3 is 0 Å². The summed E-state index contributed by atoms with van der Waals surface area (Å²) < 4.78 is 0. The average molecular weight is 210 g/mol. The molecule has 1 aliphatic carbocycles. The van der Waals surface area contributed by atoms with E-state index < -0.39 is 0 Å². The van der Waals surface area contributed by atoms with Gasteiger partial charge < -0.3 is 5.32 Å². The van der Waals surface area contributed by atoms with E-state index in [2.05, 4.69) is 31.1 Å². The molecule has 2 fully saturated rings. The molecule has 2 aliphatic rings. The SMILES string of the molecule is CNC1CCCC(N2CC(C)CC2C)C1. The zero-order chi connectivity index (χ0) is 10.8. The Hall–Kier alpha value is -0.0800. The first-order valence-electron chi connectivity index (χ1n) is 6.63. The van der Waals surface area contributed by atoms with Crippen LogP contribution in [0.4, 0.5) is 0 Å². The van der Waals surface area contributed by atoms with Crippen molar-refractivity contribution in [3.63, 3.8) is 0 Å². The normalized spacial score (nSPS) is 43.4. The maximum atomic E-state index is 3.46. The molecule has 0 spiro atoms. The molecule has 1 aliphatic heterocycles. The minimum atomic E-state index is 0.770. The molecule has 1 saturated heterocycles. The predicted molar refractivity (Wildman–Crippen MR) is 65.1 cm³/mol. The molecule has 0 bridgehead atoms. The Morgan fingerprint density at radius 2 is 1.93 bits per heavy atom. The van der Waals surface area contributed by atoms with Gasteiger partial charge in [-0.15, -0.1) is 0 Å². The highest BCUT2D eigenvalue weighted by Crippen LogP contribution is 2.31. The average Bonchev–Trinajstić information content (AvgIpc) is 2.58. The standard InChI is InChI=1S/C13H26N2/c1-10-7-11(2)15(9-10)13-6-4-5-12(8-13)14-3/h10-14H,4-9H2,1-3H3. The van der Waals surface area contributed by atoms with Crippen LogP contribution in [-0.2, 0) is 0 Å². The van der Waals surface area contributed by atoms with Crippen LogP contribution < -0.4 is 5.32 Å². The zero-order valence-electron chi connectivity index (χ0n) is 10.5. The van der Waals surface area contributed by atoms with Crippen LogP contribution in [0.2, 0.25) is 0 Å². The van der Waals surface area contributed by atoms with Gasteiger partial charge in [0.25, 0.3) is 0 Å². The summed E-state index contributed by atoms with van der Waals surface area (Å²) in [6, 6.07) is 2.45.